The van der Waals surface area contributed by atoms with Gasteiger partial charge < -0.3 is 4.57 Å². The molecule has 1 N–H and O–H groups in total. The van der Waals surface area contributed by atoms with E-state index in [0.29, 0.717) is 32.8 Å². The van der Waals surface area contributed by atoms with Gasteiger partial charge in [0.05, 0.1) is 15.1 Å². The van der Waals surface area contributed by atoms with E-state index in [-0.39, 0.29) is 9.77 Å². The number of thiazole rings is 1. The standard InChI is InChI=1S/C17H16Cl2N2O3S3/c1-21-15-5-4-13(9-16(15)26-17(21)22)27(23,24)20-6-7-25-10-11-2-3-12(18)8-14(11)19/h2-5,8-9,20H,6-7,10H2,1H3. The molecular weight excluding hydrogens is 447 g/mol. The second-order valence-electron chi connectivity index (χ2n) is 5.74. The first kappa shape index (κ1) is 20.7. The molecule has 0 unspecified atom stereocenters. The predicted octanol–water partition coefficient (Wildman–Crippen LogP) is 4.12. The Morgan fingerprint density at radius 2 is 1.96 bits per heavy atom. The number of rotatable bonds is 7. The van der Waals surface area contributed by atoms with Crippen LogP contribution in [0.4, 0.5) is 0 Å². The maximum Gasteiger partial charge on any atom is 0.307 e. The summed E-state index contributed by atoms with van der Waals surface area (Å²) >= 11 is 14.6. The molecule has 2 aromatic carbocycles. The first-order valence-corrected chi connectivity index (χ1v) is 12.1. The normalized spacial score (nSPS) is 12.0. The highest BCUT2D eigenvalue weighted by Crippen LogP contribution is 2.25. The molecule has 0 aliphatic rings. The van der Waals surface area contributed by atoms with E-state index in [1.54, 1.807) is 37.0 Å². The quantitative estimate of drug-likeness (QED) is 0.536. The van der Waals surface area contributed by atoms with Gasteiger partial charge in [0.25, 0.3) is 0 Å². The molecule has 0 atom stereocenters. The molecule has 5 nitrogen and oxygen atoms in total. The second-order valence-corrected chi connectivity index (χ2v) is 10.5. The van der Waals surface area contributed by atoms with Crippen LogP contribution in [0.5, 0.6) is 0 Å². The van der Waals surface area contributed by atoms with Gasteiger partial charge in [-0.2, -0.15) is 11.8 Å². The number of fused-ring (bicyclic) bond motifs is 1. The van der Waals surface area contributed by atoms with E-state index in [1.165, 1.54) is 16.7 Å². The van der Waals surface area contributed by atoms with Crippen molar-refractivity contribution in [1.29, 1.82) is 0 Å². The third-order valence-electron chi connectivity index (χ3n) is 3.89. The van der Waals surface area contributed by atoms with Crippen molar-refractivity contribution in [3.8, 4) is 0 Å². The van der Waals surface area contributed by atoms with Gasteiger partial charge in [-0.25, -0.2) is 13.1 Å². The van der Waals surface area contributed by atoms with E-state index >= 15 is 0 Å². The van der Waals surface area contributed by atoms with Crippen molar-refractivity contribution in [1.82, 2.24) is 9.29 Å². The van der Waals surface area contributed by atoms with Gasteiger partial charge in [0.2, 0.25) is 10.0 Å². The fourth-order valence-electron chi connectivity index (χ4n) is 2.43. The Kier molecular flexibility index (Phi) is 6.55. The topological polar surface area (TPSA) is 68.2 Å². The van der Waals surface area contributed by atoms with Crippen molar-refractivity contribution in [2.24, 2.45) is 7.05 Å². The zero-order valence-electron chi connectivity index (χ0n) is 14.2. The van der Waals surface area contributed by atoms with E-state index in [1.807, 2.05) is 6.07 Å². The smallest absolute Gasteiger partial charge is 0.302 e. The van der Waals surface area contributed by atoms with E-state index < -0.39 is 10.0 Å². The van der Waals surface area contributed by atoms with Crippen LogP contribution in [0.1, 0.15) is 5.56 Å². The second kappa shape index (κ2) is 8.55. The Labute approximate surface area is 175 Å². The summed E-state index contributed by atoms with van der Waals surface area (Å²) < 4.78 is 29.7. The molecule has 1 heterocycles. The van der Waals surface area contributed by atoms with Gasteiger partial charge in [-0.1, -0.05) is 40.6 Å². The fraction of sp³-hybridized carbons (Fsp3) is 0.235. The molecule has 0 aliphatic carbocycles. The molecule has 0 amide bonds. The van der Waals surface area contributed by atoms with Crippen LogP contribution >= 0.6 is 46.3 Å². The summed E-state index contributed by atoms with van der Waals surface area (Å²) in [5.74, 6) is 1.26. The molecule has 0 aliphatic heterocycles. The monoisotopic (exact) mass is 462 g/mol. The fourth-order valence-corrected chi connectivity index (χ4v) is 6.03. The molecule has 1 aromatic heterocycles. The van der Waals surface area contributed by atoms with Gasteiger partial charge in [0.1, 0.15) is 0 Å². The first-order chi connectivity index (χ1) is 12.8. The van der Waals surface area contributed by atoms with Gasteiger partial charge in [0.15, 0.2) is 0 Å². The first-order valence-electron chi connectivity index (χ1n) is 7.89. The highest BCUT2D eigenvalue weighted by Gasteiger charge is 2.15. The lowest BCUT2D eigenvalue weighted by atomic mass is 10.2. The summed E-state index contributed by atoms with van der Waals surface area (Å²) in [6, 6.07) is 10.0. The summed E-state index contributed by atoms with van der Waals surface area (Å²) in [5, 5.41) is 1.19. The SMILES string of the molecule is Cn1c(=O)sc2cc(S(=O)(=O)NCCSCc3ccc(Cl)cc3Cl)ccc21. The molecule has 0 fully saturated rings. The number of hydrogen-bond acceptors (Lipinski definition) is 5. The third kappa shape index (κ3) is 4.88. The van der Waals surface area contributed by atoms with Crippen molar-refractivity contribution < 1.29 is 8.42 Å². The Morgan fingerprint density at radius 1 is 1.19 bits per heavy atom. The Hall–Kier alpha value is -1.03. The molecule has 27 heavy (non-hydrogen) atoms. The Morgan fingerprint density at radius 3 is 2.70 bits per heavy atom. The Bertz CT molecular complexity index is 1140. The molecule has 0 bridgehead atoms. The molecule has 3 rings (SSSR count). The number of nitrogens with one attached hydrogen (secondary N) is 1. The van der Waals surface area contributed by atoms with E-state index in [4.69, 9.17) is 23.2 Å². The van der Waals surface area contributed by atoms with Gasteiger partial charge in [0, 0.05) is 35.1 Å². The van der Waals surface area contributed by atoms with Crippen molar-refractivity contribution in [2.75, 3.05) is 12.3 Å². The van der Waals surface area contributed by atoms with Crippen LogP contribution in [-0.2, 0) is 22.8 Å². The zero-order chi connectivity index (χ0) is 19.6. The van der Waals surface area contributed by atoms with Crippen LogP contribution in [0, 0.1) is 0 Å². The van der Waals surface area contributed by atoms with Crippen LogP contribution in [0.3, 0.4) is 0 Å². The molecule has 10 heteroatoms. The number of hydrogen-bond donors (Lipinski definition) is 1. The van der Waals surface area contributed by atoms with Crippen LogP contribution in [0.15, 0.2) is 46.1 Å². The minimum atomic E-state index is -3.63. The summed E-state index contributed by atoms with van der Waals surface area (Å²) in [6.45, 7) is 0.293. The Balaban J connectivity index is 1.58. The van der Waals surface area contributed by atoms with Gasteiger partial charge in [-0.05, 0) is 35.9 Å². The van der Waals surface area contributed by atoms with Crippen LogP contribution in [-0.4, -0.2) is 25.3 Å². The molecule has 0 radical (unpaired) electrons. The number of nitrogens with zero attached hydrogens (tertiary/aromatic N) is 1. The number of thioether (sulfide) groups is 1. The average Bonchev–Trinajstić information content (AvgIpc) is 2.90. The van der Waals surface area contributed by atoms with Gasteiger partial charge >= 0.3 is 4.87 Å². The highest BCUT2D eigenvalue weighted by molar-refractivity contribution is 7.98. The van der Waals surface area contributed by atoms with Crippen molar-refractivity contribution in [3.05, 3.63) is 61.7 Å². The lowest BCUT2D eigenvalue weighted by molar-refractivity contribution is 0.584. The molecule has 144 valence electrons. The summed E-state index contributed by atoms with van der Waals surface area (Å²) in [4.78, 5) is 11.7. The zero-order valence-corrected chi connectivity index (χ0v) is 18.2. The number of aryl methyl sites for hydroxylation is 1. The molecular formula is C17H16Cl2N2O3S3. The molecule has 3 aromatic rings. The number of benzene rings is 2. The van der Waals surface area contributed by atoms with Crippen molar-refractivity contribution >= 4 is 66.5 Å². The lowest BCUT2D eigenvalue weighted by Gasteiger charge is -2.08. The van der Waals surface area contributed by atoms with E-state index in [9.17, 15) is 13.2 Å². The largest absolute Gasteiger partial charge is 0.307 e. The number of halogens is 2. The predicted molar refractivity (Wildman–Crippen MR) is 115 cm³/mol. The summed E-state index contributed by atoms with van der Waals surface area (Å²) in [7, 11) is -1.96. The molecule has 0 saturated heterocycles. The van der Waals surface area contributed by atoms with Gasteiger partial charge in [-0.15, -0.1) is 0 Å². The average molecular weight is 463 g/mol. The van der Waals surface area contributed by atoms with Gasteiger partial charge in [-0.3, -0.25) is 4.79 Å². The van der Waals surface area contributed by atoms with Crippen LogP contribution in [0.25, 0.3) is 10.2 Å². The minimum Gasteiger partial charge on any atom is -0.302 e. The van der Waals surface area contributed by atoms with E-state index in [2.05, 4.69) is 4.72 Å². The summed E-state index contributed by atoms with van der Waals surface area (Å²) in [5.41, 5.74) is 1.68. The van der Waals surface area contributed by atoms with Crippen molar-refractivity contribution in [3.63, 3.8) is 0 Å². The summed E-state index contributed by atoms with van der Waals surface area (Å²) in [6.07, 6.45) is 0. The van der Waals surface area contributed by atoms with Crippen molar-refractivity contribution in [2.45, 2.75) is 10.6 Å². The number of aromatic nitrogens is 1. The van der Waals surface area contributed by atoms with E-state index in [0.717, 1.165) is 22.4 Å². The molecule has 0 spiro atoms. The third-order valence-corrected chi connectivity index (χ3v) is 7.93. The minimum absolute atomic E-state index is 0.121. The maximum atomic E-state index is 12.5. The van der Waals surface area contributed by atoms with Crippen LogP contribution in [0.2, 0.25) is 10.0 Å². The number of sulfonamides is 1. The van der Waals surface area contributed by atoms with Crippen LogP contribution < -0.4 is 9.60 Å². The highest BCUT2D eigenvalue weighted by atomic mass is 35.5. The lowest BCUT2D eigenvalue weighted by Crippen LogP contribution is -2.26. The maximum absolute atomic E-state index is 12.5. The molecule has 0 saturated carbocycles.